The number of imide groups is 1. The summed E-state index contributed by atoms with van der Waals surface area (Å²) in [5, 5.41) is 7.49. The van der Waals surface area contributed by atoms with E-state index in [0.29, 0.717) is 10.8 Å². The van der Waals surface area contributed by atoms with Gasteiger partial charge in [0.15, 0.2) is 5.69 Å². The van der Waals surface area contributed by atoms with E-state index >= 15 is 0 Å². The van der Waals surface area contributed by atoms with Gasteiger partial charge in [0.2, 0.25) is 0 Å². The zero-order valence-electron chi connectivity index (χ0n) is 23.2. The first-order valence-electron chi connectivity index (χ1n) is 13.9. The number of nitrogens with zero attached hydrogens (tertiary/aromatic N) is 3. The number of rotatable bonds is 7. The summed E-state index contributed by atoms with van der Waals surface area (Å²) in [4.78, 5) is 55.5. The number of ether oxygens (including phenoxy) is 1. The number of hydrogen-bond acceptors (Lipinski definition) is 7. The second-order valence-corrected chi connectivity index (χ2v) is 10.3. The van der Waals surface area contributed by atoms with Crippen LogP contribution in [0, 0.1) is 0 Å². The van der Waals surface area contributed by atoms with Crippen LogP contribution in [0.4, 0.5) is 4.79 Å². The van der Waals surface area contributed by atoms with E-state index in [1.165, 1.54) is 22.9 Å². The molecule has 0 radical (unpaired) electrons. The van der Waals surface area contributed by atoms with Crippen molar-refractivity contribution in [2.45, 2.75) is 12.5 Å². The Labute approximate surface area is 251 Å². The van der Waals surface area contributed by atoms with Crippen molar-refractivity contribution in [3.63, 3.8) is 0 Å². The molecule has 0 bridgehead atoms. The summed E-state index contributed by atoms with van der Waals surface area (Å²) in [6, 6.07) is 31.2. The summed E-state index contributed by atoms with van der Waals surface area (Å²) >= 11 is 0. The van der Waals surface area contributed by atoms with Crippen LogP contribution in [0.25, 0.3) is 16.8 Å². The van der Waals surface area contributed by atoms with Crippen LogP contribution in [0.2, 0.25) is 0 Å². The Kier molecular flexibility index (Phi) is 6.71. The quantitative estimate of drug-likeness (QED) is 0.259. The third-order valence-corrected chi connectivity index (χ3v) is 7.68. The van der Waals surface area contributed by atoms with Gasteiger partial charge < -0.3 is 14.9 Å². The summed E-state index contributed by atoms with van der Waals surface area (Å²) in [6.07, 6.45) is 1.02. The number of nitrogens with one attached hydrogen (secondary N) is 1. The van der Waals surface area contributed by atoms with E-state index in [9.17, 15) is 19.2 Å². The maximum atomic E-state index is 12.7. The fourth-order valence-electron chi connectivity index (χ4n) is 5.59. The summed E-state index contributed by atoms with van der Waals surface area (Å²) < 4.78 is 7.08. The molecule has 44 heavy (non-hydrogen) atoms. The molecule has 0 saturated heterocycles. The zero-order chi connectivity index (χ0) is 30.2. The molecule has 0 atom stereocenters. The smallest absolute Gasteiger partial charge is 0.407 e. The van der Waals surface area contributed by atoms with Crippen molar-refractivity contribution in [1.29, 1.82) is 0 Å². The Balaban J connectivity index is 0.964. The van der Waals surface area contributed by atoms with Crippen LogP contribution in [-0.4, -0.2) is 45.3 Å². The zero-order valence-corrected chi connectivity index (χ0v) is 23.2. The van der Waals surface area contributed by atoms with Gasteiger partial charge in [-0.1, -0.05) is 77.9 Å². The highest BCUT2D eigenvalue weighted by molar-refractivity contribution is 6.21. The molecular weight excluding hydrogens is 560 g/mol. The minimum Gasteiger partial charge on any atom is -0.449 e. The van der Waals surface area contributed by atoms with Crippen molar-refractivity contribution in [2.24, 2.45) is 0 Å². The lowest BCUT2D eigenvalue weighted by Crippen LogP contribution is -2.32. The third-order valence-electron chi connectivity index (χ3n) is 7.68. The van der Waals surface area contributed by atoms with E-state index in [1.807, 2.05) is 30.3 Å². The van der Waals surface area contributed by atoms with E-state index in [-0.39, 0.29) is 35.9 Å². The normalized spacial score (nSPS) is 13.3. The van der Waals surface area contributed by atoms with E-state index in [0.717, 1.165) is 27.8 Å². The SMILES string of the molecule is O=C(NCc1cccc(-n2ccc(C(=O)ON3C(=O)c4ccccc4C3=O)n2)c1)OCC1c2ccccc2-c2ccccc21. The number of hydrogen-bond donors (Lipinski definition) is 1. The summed E-state index contributed by atoms with van der Waals surface area (Å²) in [6.45, 7) is 0.424. The number of carbonyl (C=O) groups is 4. The van der Waals surface area contributed by atoms with Crippen LogP contribution in [0.1, 0.15) is 53.8 Å². The van der Waals surface area contributed by atoms with E-state index < -0.39 is 23.9 Å². The van der Waals surface area contributed by atoms with Crippen molar-refractivity contribution < 1.29 is 28.8 Å². The van der Waals surface area contributed by atoms with Crippen LogP contribution in [0.15, 0.2) is 109 Å². The molecule has 3 amide bonds. The molecule has 7 rings (SSSR count). The third kappa shape index (κ3) is 4.78. The average molecular weight is 585 g/mol. The van der Waals surface area contributed by atoms with Gasteiger partial charge >= 0.3 is 12.1 Å². The Morgan fingerprint density at radius 3 is 2.02 bits per heavy atom. The lowest BCUT2D eigenvalue weighted by molar-refractivity contribution is -0.0588. The van der Waals surface area contributed by atoms with Crippen LogP contribution in [0.5, 0.6) is 0 Å². The number of amides is 3. The highest BCUT2D eigenvalue weighted by Crippen LogP contribution is 2.44. The Morgan fingerprint density at radius 1 is 0.750 bits per heavy atom. The minimum atomic E-state index is -0.952. The highest BCUT2D eigenvalue weighted by atomic mass is 16.7. The maximum Gasteiger partial charge on any atom is 0.407 e. The fourth-order valence-corrected chi connectivity index (χ4v) is 5.59. The molecule has 0 fully saturated rings. The van der Waals surface area contributed by atoms with E-state index in [2.05, 4.69) is 34.7 Å². The number of benzene rings is 4. The van der Waals surface area contributed by atoms with Crippen molar-refractivity contribution in [3.8, 4) is 16.8 Å². The first kappa shape index (κ1) is 26.8. The number of carbonyl (C=O) groups excluding carboxylic acids is 4. The van der Waals surface area contributed by atoms with Crippen LogP contribution in [0.3, 0.4) is 0 Å². The van der Waals surface area contributed by atoms with Crippen molar-refractivity contribution >= 4 is 23.9 Å². The molecule has 2 aliphatic rings. The molecular formula is C34H24N4O6. The number of fused-ring (bicyclic) bond motifs is 4. The van der Waals surface area contributed by atoms with Gasteiger partial charge in [-0.25, -0.2) is 14.3 Å². The average Bonchev–Trinajstić information content (AvgIpc) is 3.74. The summed E-state index contributed by atoms with van der Waals surface area (Å²) in [7, 11) is 0. The Morgan fingerprint density at radius 2 is 1.36 bits per heavy atom. The molecule has 0 unspecified atom stereocenters. The van der Waals surface area contributed by atoms with Crippen molar-refractivity contribution in [3.05, 3.63) is 143 Å². The molecule has 0 saturated carbocycles. The van der Waals surface area contributed by atoms with Crippen molar-refractivity contribution in [1.82, 2.24) is 20.2 Å². The predicted molar refractivity (Wildman–Crippen MR) is 158 cm³/mol. The van der Waals surface area contributed by atoms with Gasteiger partial charge in [0.1, 0.15) is 6.61 Å². The number of aromatic nitrogens is 2. The number of alkyl carbamates (subject to hydrolysis) is 1. The first-order chi connectivity index (χ1) is 21.5. The highest BCUT2D eigenvalue weighted by Gasteiger charge is 2.39. The van der Waals surface area contributed by atoms with Crippen LogP contribution < -0.4 is 5.32 Å². The summed E-state index contributed by atoms with van der Waals surface area (Å²) in [5.74, 6) is -2.41. The molecule has 1 aliphatic heterocycles. The largest absolute Gasteiger partial charge is 0.449 e. The van der Waals surface area contributed by atoms with Gasteiger partial charge in [0, 0.05) is 18.7 Å². The Bertz CT molecular complexity index is 1880. The maximum absolute atomic E-state index is 12.7. The molecule has 0 spiro atoms. The fraction of sp³-hybridized carbons (Fsp3) is 0.0882. The van der Waals surface area contributed by atoms with E-state index in [4.69, 9.17) is 9.57 Å². The Hall–Kier alpha value is -6.03. The number of hydroxylamine groups is 2. The van der Waals surface area contributed by atoms with Gasteiger partial charge in [-0.2, -0.15) is 5.10 Å². The monoisotopic (exact) mass is 584 g/mol. The molecule has 5 aromatic rings. The van der Waals surface area contributed by atoms with E-state index in [1.54, 1.807) is 36.5 Å². The summed E-state index contributed by atoms with van der Waals surface area (Å²) in [5.41, 5.74) is 6.24. The van der Waals surface area contributed by atoms with Gasteiger partial charge in [0.25, 0.3) is 11.8 Å². The van der Waals surface area contributed by atoms with Crippen molar-refractivity contribution in [2.75, 3.05) is 6.61 Å². The topological polar surface area (TPSA) is 120 Å². The molecule has 1 N–H and O–H groups in total. The second-order valence-electron chi connectivity index (χ2n) is 10.3. The molecule has 1 aliphatic carbocycles. The van der Waals surface area contributed by atoms with Gasteiger partial charge in [-0.15, -0.1) is 0 Å². The minimum absolute atomic E-state index is 0.0331. The molecule has 2 heterocycles. The predicted octanol–water partition coefficient (Wildman–Crippen LogP) is 5.28. The van der Waals surface area contributed by atoms with Crippen LogP contribution in [-0.2, 0) is 16.1 Å². The molecule has 216 valence electrons. The molecule has 4 aromatic carbocycles. The molecule has 1 aromatic heterocycles. The first-order valence-corrected chi connectivity index (χ1v) is 13.9. The van der Waals surface area contributed by atoms with Gasteiger partial charge in [0.05, 0.1) is 16.8 Å². The second kappa shape index (κ2) is 11.0. The van der Waals surface area contributed by atoms with Crippen LogP contribution >= 0.6 is 0 Å². The lowest BCUT2D eigenvalue weighted by Gasteiger charge is -2.14. The van der Waals surface area contributed by atoms with Gasteiger partial charge in [-0.3, -0.25) is 9.59 Å². The standard InChI is InChI=1S/C34H24N4O6/c39-31-27-14-5-6-15-28(27)32(40)38(31)44-33(41)30-16-17-37(36-30)22-9-7-8-21(18-22)19-35-34(42)43-20-29-25-12-3-1-10-23(25)24-11-2-4-13-26(24)29/h1-18,29H,19-20H2,(H,35,42). The molecule has 10 nitrogen and oxygen atoms in total. The van der Waals surface area contributed by atoms with Gasteiger partial charge in [-0.05, 0) is 58.1 Å². The molecule has 10 heteroatoms. The lowest BCUT2D eigenvalue weighted by atomic mass is 9.98.